The lowest BCUT2D eigenvalue weighted by Gasteiger charge is -2.07. The van der Waals surface area contributed by atoms with Crippen LogP contribution in [0.2, 0.25) is 0 Å². The molecule has 0 amide bonds. The zero-order chi connectivity index (χ0) is 15.5. The Kier molecular flexibility index (Phi) is 4.22. The minimum Gasteiger partial charge on any atom is -0.464 e. The molecular weight excluding hydrogens is 296 g/mol. The molecule has 1 heterocycles. The molecule has 0 unspecified atom stereocenters. The van der Waals surface area contributed by atoms with Crippen molar-refractivity contribution in [2.45, 2.75) is 11.8 Å². The summed E-state index contributed by atoms with van der Waals surface area (Å²) in [7, 11) is -3.33. The van der Waals surface area contributed by atoms with E-state index in [0.717, 1.165) is 6.26 Å². The van der Waals surface area contributed by atoms with E-state index in [-0.39, 0.29) is 28.6 Å². The summed E-state index contributed by atoms with van der Waals surface area (Å²) < 4.78 is 33.5. The highest BCUT2D eigenvalue weighted by Crippen LogP contribution is 2.22. The first-order valence-electron chi connectivity index (χ1n) is 6.01. The van der Waals surface area contributed by atoms with Gasteiger partial charge in [0.15, 0.2) is 9.84 Å². The molecule has 2 aromatic rings. The van der Waals surface area contributed by atoms with Crippen LogP contribution in [0.3, 0.4) is 0 Å². The molecule has 1 aromatic heterocycles. The first-order valence-corrected chi connectivity index (χ1v) is 7.90. The van der Waals surface area contributed by atoms with E-state index >= 15 is 0 Å². The van der Waals surface area contributed by atoms with Crippen LogP contribution >= 0.6 is 0 Å². The maximum atomic E-state index is 11.5. The lowest BCUT2D eigenvalue weighted by Crippen LogP contribution is -2.05. The number of hydrogen-bond donors (Lipinski definition) is 1. The standard InChI is InChI=1S/C12H14N4O4S/c1-3-19-11-14-10(13)15-12(16-11)20-8-5-4-6-9(7-8)21(2,17)18/h4-7H,3H2,1-2H3,(H2,13,14,15,16). The molecule has 0 saturated heterocycles. The van der Waals surface area contributed by atoms with Crippen molar-refractivity contribution in [3.8, 4) is 17.8 Å². The van der Waals surface area contributed by atoms with E-state index in [9.17, 15) is 8.42 Å². The van der Waals surface area contributed by atoms with Gasteiger partial charge in [0.2, 0.25) is 5.95 Å². The second kappa shape index (κ2) is 5.92. The van der Waals surface area contributed by atoms with Crippen molar-refractivity contribution in [1.82, 2.24) is 15.0 Å². The minimum atomic E-state index is -3.33. The number of rotatable bonds is 5. The van der Waals surface area contributed by atoms with Crippen molar-refractivity contribution in [2.75, 3.05) is 18.6 Å². The van der Waals surface area contributed by atoms with Crippen molar-refractivity contribution in [3.63, 3.8) is 0 Å². The molecule has 1 aromatic carbocycles. The molecule has 2 rings (SSSR count). The molecule has 0 atom stereocenters. The Bertz CT molecular complexity index is 749. The molecule has 2 N–H and O–H groups in total. The normalized spacial score (nSPS) is 11.1. The van der Waals surface area contributed by atoms with E-state index in [1.807, 2.05) is 0 Å². The number of hydrogen-bond acceptors (Lipinski definition) is 8. The predicted molar refractivity (Wildman–Crippen MR) is 75.0 cm³/mol. The molecule has 112 valence electrons. The third kappa shape index (κ3) is 4.02. The van der Waals surface area contributed by atoms with Gasteiger partial charge in [-0.3, -0.25) is 0 Å². The Morgan fingerprint density at radius 1 is 1.19 bits per heavy atom. The predicted octanol–water partition coefficient (Wildman–Crippen LogP) is 1.05. The van der Waals surface area contributed by atoms with E-state index in [0.29, 0.717) is 6.61 Å². The smallest absolute Gasteiger partial charge is 0.330 e. The summed E-state index contributed by atoms with van der Waals surface area (Å²) >= 11 is 0. The highest BCUT2D eigenvalue weighted by atomic mass is 32.2. The summed E-state index contributed by atoms with van der Waals surface area (Å²) in [4.78, 5) is 11.6. The summed E-state index contributed by atoms with van der Waals surface area (Å²) in [5.41, 5.74) is 5.52. The Morgan fingerprint density at radius 3 is 2.57 bits per heavy atom. The number of nitrogen functional groups attached to an aromatic ring is 1. The van der Waals surface area contributed by atoms with Crippen LogP contribution < -0.4 is 15.2 Å². The minimum absolute atomic E-state index is 0.0410. The zero-order valence-electron chi connectivity index (χ0n) is 11.5. The number of ether oxygens (including phenoxy) is 2. The number of benzene rings is 1. The molecule has 0 fully saturated rings. The monoisotopic (exact) mass is 310 g/mol. The van der Waals surface area contributed by atoms with Gasteiger partial charge in [-0.2, -0.15) is 9.97 Å². The Labute approximate surface area is 121 Å². The van der Waals surface area contributed by atoms with Gasteiger partial charge in [-0.1, -0.05) is 6.07 Å². The third-order valence-corrected chi connectivity index (χ3v) is 3.44. The number of nitrogens with two attached hydrogens (primary N) is 1. The number of nitrogens with zero attached hydrogens (tertiary/aromatic N) is 3. The lowest BCUT2D eigenvalue weighted by molar-refractivity contribution is 0.304. The van der Waals surface area contributed by atoms with Gasteiger partial charge < -0.3 is 15.2 Å². The fourth-order valence-electron chi connectivity index (χ4n) is 1.47. The van der Waals surface area contributed by atoms with Crippen LogP contribution in [0.5, 0.6) is 17.8 Å². The molecule has 0 radical (unpaired) electrons. The van der Waals surface area contributed by atoms with Crippen LogP contribution in [-0.2, 0) is 9.84 Å². The van der Waals surface area contributed by atoms with E-state index in [2.05, 4.69) is 15.0 Å². The Hall–Kier alpha value is -2.42. The van der Waals surface area contributed by atoms with Crippen molar-refractivity contribution in [3.05, 3.63) is 24.3 Å². The average molecular weight is 310 g/mol. The van der Waals surface area contributed by atoms with Crippen molar-refractivity contribution in [1.29, 1.82) is 0 Å². The Morgan fingerprint density at radius 2 is 1.90 bits per heavy atom. The topological polar surface area (TPSA) is 117 Å². The summed E-state index contributed by atoms with van der Waals surface area (Å²) in [5, 5.41) is 0. The first-order chi connectivity index (χ1) is 9.88. The molecular formula is C12H14N4O4S. The maximum absolute atomic E-state index is 11.5. The molecule has 8 nitrogen and oxygen atoms in total. The summed E-state index contributed by atoms with van der Waals surface area (Å²) in [6, 6.07) is 5.94. The van der Waals surface area contributed by atoms with Gasteiger partial charge in [0.25, 0.3) is 0 Å². The van der Waals surface area contributed by atoms with Crippen molar-refractivity contribution >= 4 is 15.8 Å². The van der Waals surface area contributed by atoms with Gasteiger partial charge >= 0.3 is 12.0 Å². The number of anilines is 1. The molecule has 0 bridgehead atoms. The van der Waals surface area contributed by atoms with Gasteiger partial charge in [-0.25, -0.2) is 8.42 Å². The summed E-state index contributed by atoms with van der Waals surface area (Å²) in [5.74, 6) is 0.216. The highest BCUT2D eigenvalue weighted by molar-refractivity contribution is 7.90. The summed E-state index contributed by atoms with van der Waals surface area (Å²) in [6.45, 7) is 2.14. The molecule has 0 saturated carbocycles. The number of sulfone groups is 1. The van der Waals surface area contributed by atoms with E-state index in [1.54, 1.807) is 19.1 Å². The molecule has 9 heteroatoms. The molecule has 0 spiro atoms. The van der Waals surface area contributed by atoms with Gasteiger partial charge in [0, 0.05) is 6.26 Å². The SMILES string of the molecule is CCOc1nc(N)nc(Oc2cccc(S(C)(=O)=O)c2)n1. The van der Waals surface area contributed by atoms with Crippen molar-refractivity contribution < 1.29 is 17.9 Å². The molecule has 0 aliphatic heterocycles. The summed E-state index contributed by atoms with van der Waals surface area (Å²) in [6.07, 6.45) is 1.11. The fourth-order valence-corrected chi connectivity index (χ4v) is 2.12. The molecule has 0 aliphatic carbocycles. The number of aromatic nitrogens is 3. The zero-order valence-corrected chi connectivity index (χ0v) is 12.3. The van der Waals surface area contributed by atoms with E-state index < -0.39 is 9.84 Å². The molecule has 0 aliphatic rings. The molecule has 21 heavy (non-hydrogen) atoms. The van der Waals surface area contributed by atoms with E-state index in [4.69, 9.17) is 15.2 Å². The third-order valence-electron chi connectivity index (χ3n) is 2.33. The first kappa shape index (κ1) is 15.0. The Balaban J connectivity index is 2.30. The second-order valence-electron chi connectivity index (χ2n) is 4.04. The largest absolute Gasteiger partial charge is 0.464 e. The van der Waals surface area contributed by atoms with Gasteiger partial charge in [0.05, 0.1) is 11.5 Å². The van der Waals surface area contributed by atoms with E-state index in [1.165, 1.54) is 12.1 Å². The highest BCUT2D eigenvalue weighted by Gasteiger charge is 2.11. The van der Waals surface area contributed by atoms with Crippen LogP contribution in [0.15, 0.2) is 29.2 Å². The lowest BCUT2D eigenvalue weighted by atomic mass is 10.3. The van der Waals surface area contributed by atoms with Gasteiger partial charge in [0.1, 0.15) is 5.75 Å². The van der Waals surface area contributed by atoms with Crippen LogP contribution in [0, 0.1) is 0 Å². The van der Waals surface area contributed by atoms with Gasteiger partial charge in [-0.05, 0) is 25.1 Å². The quantitative estimate of drug-likeness (QED) is 0.870. The average Bonchev–Trinajstić information content (AvgIpc) is 2.37. The van der Waals surface area contributed by atoms with Crippen LogP contribution in [0.1, 0.15) is 6.92 Å². The van der Waals surface area contributed by atoms with Crippen LogP contribution in [0.4, 0.5) is 5.95 Å². The maximum Gasteiger partial charge on any atom is 0.330 e. The van der Waals surface area contributed by atoms with Crippen molar-refractivity contribution in [2.24, 2.45) is 0 Å². The van der Waals surface area contributed by atoms with Crippen LogP contribution in [-0.4, -0.2) is 36.2 Å². The van der Waals surface area contributed by atoms with Crippen LogP contribution in [0.25, 0.3) is 0 Å². The fraction of sp³-hybridized carbons (Fsp3) is 0.250. The van der Waals surface area contributed by atoms with Gasteiger partial charge in [-0.15, -0.1) is 4.98 Å². The second-order valence-corrected chi connectivity index (χ2v) is 6.06.